The van der Waals surface area contributed by atoms with E-state index in [1.54, 1.807) is 0 Å². The number of benzene rings is 8. The Morgan fingerprint density at radius 3 is 1.47 bits per heavy atom. The number of pyridine rings is 1. The highest BCUT2D eigenvalue weighted by atomic mass is 15.0. The first-order valence-electron chi connectivity index (χ1n) is 17.5. The van der Waals surface area contributed by atoms with Gasteiger partial charge in [0, 0.05) is 11.8 Å². The molecule has 10 aromatic rings. The number of imidazole rings is 1. The van der Waals surface area contributed by atoms with Crippen molar-refractivity contribution in [2.24, 2.45) is 0 Å². The van der Waals surface area contributed by atoms with Crippen molar-refractivity contribution in [1.82, 2.24) is 9.38 Å². The second kappa shape index (κ2) is 12.0. The topological polar surface area (TPSA) is 17.3 Å². The molecule has 0 unspecified atom stereocenters. The molecule has 2 heterocycles. The van der Waals surface area contributed by atoms with Crippen molar-refractivity contribution in [3.63, 3.8) is 0 Å². The fraction of sp³-hybridized carbons (Fsp3) is 0. The van der Waals surface area contributed by atoms with Crippen molar-refractivity contribution in [3.8, 4) is 55.9 Å². The van der Waals surface area contributed by atoms with Crippen LogP contribution in [0.2, 0.25) is 0 Å². The predicted octanol–water partition coefficient (Wildman–Crippen LogP) is 13.1. The van der Waals surface area contributed by atoms with Crippen molar-refractivity contribution in [2.75, 3.05) is 0 Å². The first kappa shape index (κ1) is 29.2. The quantitative estimate of drug-likeness (QED) is 0.170. The molecule has 0 N–H and O–H groups in total. The van der Waals surface area contributed by atoms with Gasteiger partial charge in [0.1, 0.15) is 5.65 Å². The Morgan fingerprint density at radius 1 is 0.333 bits per heavy atom. The lowest BCUT2D eigenvalue weighted by Crippen LogP contribution is -1.91. The van der Waals surface area contributed by atoms with Crippen LogP contribution in [-0.4, -0.2) is 9.38 Å². The summed E-state index contributed by atoms with van der Waals surface area (Å²) < 4.78 is 2.19. The van der Waals surface area contributed by atoms with Gasteiger partial charge in [-0.3, -0.25) is 4.40 Å². The van der Waals surface area contributed by atoms with E-state index in [0.717, 1.165) is 22.6 Å². The van der Waals surface area contributed by atoms with Gasteiger partial charge in [0.25, 0.3) is 0 Å². The third-order valence-corrected chi connectivity index (χ3v) is 10.2. The Labute approximate surface area is 296 Å². The van der Waals surface area contributed by atoms with Gasteiger partial charge in [-0.1, -0.05) is 170 Å². The van der Waals surface area contributed by atoms with Crippen LogP contribution in [-0.2, 0) is 0 Å². The van der Waals surface area contributed by atoms with Crippen molar-refractivity contribution >= 4 is 38.0 Å². The van der Waals surface area contributed by atoms with E-state index in [1.165, 1.54) is 71.3 Å². The van der Waals surface area contributed by atoms with Crippen molar-refractivity contribution in [3.05, 3.63) is 194 Å². The number of rotatable bonds is 5. The van der Waals surface area contributed by atoms with Gasteiger partial charge in [-0.05, 0) is 89.5 Å². The highest BCUT2D eigenvalue weighted by molar-refractivity contribution is 6.21. The zero-order chi connectivity index (χ0) is 33.7. The van der Waals surface area contributed by atoms with E-state index >= 15 is 0 Å². The predicted molar refractivity (Wildman–Crippen MR) is 215 cm³/mol. The second-order valence-electron chi connectivity index (χ2n) is 13.2. The van der Waals surface area contributed by atoms with Gasteiger partial charge in [-0.25, -0.2) is 4.98 Å². The Bertz CT molecular complexity index is 2820. The van der Waals surface area contributed by atoms with Crippen molar-refractivity contribution < 1.29 is 0 Å². The van der Waals surface area contributed by atoms with Gasteiger partial charge in [0.15, 0.2) is 0 Å². The summed E-state index contributed by atoms with van der Waals surface area (Å²) in [6.45, 7) is 0. The van der Waals surface area contributed by atoms with Gasteiger partial charge < -0.3 is 0 Å². The molecule has 0 amide bonds. The first-order chi connectivity index (χ1) is 25.3. The van der Waals surface area contributed by atoms with E-state index in [2.05, 4.69) is 199 Å². The SMILES string of the molecule is c1ccc(-c2cccc3nc(-c4ccc(-c5c6ccccc6c(-c6ccc(-c7ccc8ccccc8c7)cc6)c6ccccc56)cc4)cn23)cc1. The molecule has 0 atom stereocenters. The average Bonchev–Trinajstić information content (AvgIpc) is 3.65. The molecule has 0 saturated carbocycles. The number of hydrogen-bond donors (Lipinski definition) is 0. The molecule has 8 aromatic carbocycles. The molecule has 0 aliphatic heterocycles. The smallest absolute Gasteiger partial charge is 0.137 e. The summed E-state index contributed by atoms with van der Waals surface area (Å²) in [5.74, 6) is 0. The first-order valence-corrected chi connectivity index (χ1v) is 17.5. The Hall–Kier alpha value is -6.77. The van der Waals surface area contributed by atoms with E-state index in [-0.39, 0.29) is 0 Å². The monoisotopic (exact) mass is 648 g/mol. The van der Waals surface area contributed by atoms with Crippen LogP contribution in [0, 0.1) is 0 Å². The molecule has 2 aromatic heterocycles. The van der Waals surface area contributed by atoms with Crippen LogP contribution in [0.1, 0.15) is 0 Å². The number of nitrogens with zero attached hydrogens (tertiary/aromatic N) is 2. The molecule has 51 heavy (non-hydrogen) atoms. The van der Waals surface area contributed by atoms with Crippen molar-refractivity contribution in [2.45, 2.75) is 0 Å². The lowest BCUT2D eigenvalue weighted by molar-refractivity contribution is 1.19. The maximum absolute atomic E-state index is 5.02. The Kier molecular flexibility index (Phi) is 6.85. The summed E-state index contributed by atoms with van der Waals surface area (Å²) >= 11 is 0. The Balaban J connectivity index is 1.06. The highest BCUT2D eigenvalue weighted by Gasteiger charge is 2.17. The lowest BCUT2D eigenvalue weighted by Gasteiger charge is -2.18. The third-order valence-electron chi connectivity index (χ3n) is 10.2. The van der Waals surface area contributed by atoms with E-state index in [4.69, 9.17) is 4.98 Å². The minimum absolute atomic E-state index is 0.938. The van der Waals surface area contributed by atoms with Crippen LogP contribution in [0.5, 0.6) is 0 Å². The van der Waals surface area contributed by atoms with Gasteiger partial charge in [0.2, 0.25) is 0 Å². The molecule has 0 aliphatic carbocycles. The summed E-state index contributed by atoms with van der Waals surface area (Å²) in [5, 5.41) is 7.52. The van der Waals surface area contributed by atoms with E-state index < -0.39 is 0 Å². The van der Waals surface area contributed by atoms with Gasteiger partial charge in [-0.2, -0.15) is 0 Å². The Morgan fingerprint density at radius 2 is 0.843 bits per heavy atom. The summed E-state index contributed by atoms with van der Waals surface area (Å²) in [7, 11) is 0. The standard InChI is InChI=1S/C49H32N2/c1-2-12-36(13-3-1)46-19-10-20-47-50-45(32-51(46)47)35-24-28-38(29-25-35)49-43-17-8-6-15-41(43)48(42-16-7-9-18-44(42)49)37-26-21-34(22-27-37)40-30-23-33-11-4-5-14-39(33)31-40/h1-32H. The molecule has 0 bridgehead atoms. The molecule has 0 spiro atoms. The van der Waals surface area contributed by atoms with E-state index in [0.29, 0.717) is 0 Å². The molecule has 10 rings (SSSR count). The molecular weight excluding hydrogens is 617 g/mol. The maximum Gasteiger partial charge on any atom is 0.137 e. The summed E-state index contributed by atoms with van der Waals surface area (Å²) in [6, 6.07) is 67.8. The maximum atomic E-state index is 5.02. The average molecular weight is 649 g/mol. The highest BCUT2D eigenvalue weighted by Crippen LogP contribution is 2.44. The van der Waals surface area contributed by atoms with Crippen LogP contribution >= 0.6 is 0 Å². The molecule has 2 nitrogen and oxygen atoms in total. The van der Waals surface area contributed by atoms with Gasteiger partial charge >= 0.3 is 0 Å². The second-order valence-corrected chi connectivity index (χ2v) is 13.2. The molecular formula is C49H32N2. The van der Waals surface area contributed by atoms with Crippen LogP contribution in [0.4, 0.5) is 0 Å². The molecule has 0 aliphatic rings. The minimum Gasteiger partial charge on any atom is -0.299 e. The normalized spacial score (nSPS) is 11.5. The molecule has 238 valence electrons. The summed E-state index contributed by atoms with van der Waals surface area (Å²) in [6.07, 6.45) is 2.15. The molecule has 0 saturated heterocycles. The molecule has 2 heteroatoms. The van der Waals surface area contributed by atoms with Crippen LogP contribution in [0.25, 0.3) is 93.9 Å². The van der Waals surface area contributed by atoms with Crippen LogP contribution in [0.15, 0.2) is 194 Å². The van der Waals surface area contributed by atoms with Gasteiger partial charge in [0.05, 0.1) is 11.4 Å². The fourth-order valence-corrected chi connectivity index (χ4v) is 7.75. The van der Waals surface area contributed by atoms with Crippen LogP contribution in [0.3, 0.4) is 0 Å². The fourth-order valence-electron chi connectivity index (χ4n) is 7.75. The van der Waals surface area contributed by atoms with E-state index in [1.807, 2.05) is 0 Å². The molecule has 0 radical (unpaired) electrons. The largest absolute Gasteiger partial charge is 0.299 e. The number of hydrogen-bond acceptors (Lipinski definition) is 1. The van der Waals surface area contributed by atoms with Gasteiger partial charge in [-0.15, -0.1) is 0 Å². The third kappa shape index (κ3) is 5.00. The number of fused-ring (bicyclic) bond motifs is 4. The van der Waals surface area contributed by atoms with Crippen molar-refractivity contribution in [1.29, 1.82) is 0 Å². The molecule has 0 fully saturated rings. The van der Waals surface area contributed by atoms with E-state index in [9.17, 15) is 0 Å². The summed E-state index contributed by atoms with van der Waals surface area (Å²) in [4.78, 5) is 5.02. The zero-order valence-corrected chi connectivity index (χ0v) is 27.9. The summed E-state index contributed by atoms with van der Waals surface area (Å²) in [5.41, 5.74) is 12.7. The lowest BCUT2D eigenvalue weighted by atomic mass is 9.85. The number of aromatic nitrogens is 2. The zero-order valence-electron chi connectivity index (χ0n) is 27.9. The minimum atomic E-state index is 0.938. The van der Waals surface area contributed by atoms with Crippen LogP contribution < -0.4 is 0 Å².